The second-order valence-electron chi connectivity index (χ2n) is 5.58. The van der Waals surface area contributed by atoms with Crippen LogP contribution in [-0.2, 0) is 0 Å². The third kappa shape index (κ3) is 3.65. The van der Waals surface area contributed by atoms with Gasteiger partial charge in [0, 0.05) is 12.6 Å². The smallest absolute Gasteiger partial charge is 0.320 e. The maximum Gasteiger partial charge on any atom is 0.320 e. The Kier molecular flexibility index (Phi) is 4.88. The molecule has 0 saturated carbocycles. The predicted molar refractivity (Wildman–Crippen MR) is 80.0 cm³/mol. The van der Waals surface area contributed by atoms with Gasteiger partial charge in [-0.05, 0) is 51.7 Å². The van der Waals surface area contributed by atoms with Gasteiger partial charge in [0.1, 0.15) is 5.75 Å². The molecule has 1 heterocycles. The molecule has 0 aromatic heterocycles. The summed E-state index contributed by atoms with van der Waals surface area (Å²) in [6.45, 7) is 7.22. The maximum absolute atomic E-state index is 12.1. The van der Waals surface area contributed by atoms with Crippen LogP contribution >= 0.6 is 0 Å². The zero-order valence-corrected chi connectivity index (χ0v) is 12.6. The van der Waals surface area contributed by atoms with Crippen LogP contribution in [0.25, 0.3) is 0 Å². The van der Waals surface area contributed by atoms with Crippen LogP contribution in [0.2, 0.25) is 0 Å². The highest BCUT2D eigenvalue weighted by Crippen LogP contribution is 2.19. The molecule has 20 heavy (non-hydrogen) atoms. The normalized spacial score (nSPS) is 18.8. The fraction of sp³-hybridized carbons (Fsp3) is 0.562. The lowest BCUT2D eigenvalue weighted by atomic mass is 10.0. The van der Waals surface area contributed by atoms with Crippen molar-refractivity contribution in [2.45, 2.75) is 46.1 Å². The highest BCUT2D eigenvalue weighted by Gasteiger charge is 2.22. The fourth-order valence-electron chi connectivity index (χ4n) is 2.64. The number of nitrogens with one attached hydrogen (secondary N) is 1. The van der Waals surface area contributed by atoms with Crippen molar-refractivity contribution in [2.24, 2.45) is 0 Å². The monoisotopic (exact) mass is 276 g/mol. The minimum Gasteiger partial charge on any atom is -0.473 e. The van der Waals surface area contributed by atoms with Gasteiger partial charge in [0.2, 0.25) is 0 Å². The lowest BCUT2D eigenvalue weighted by Crippen LogP contribution is -2.48. The zero-order valence-electron chi connectivity index (χ0n) is 12.6. The van der Waals surface area contributed by atoms with E-state index >= 15 is 0 Å². The molecule has 1 aliphatic heterocycles. The average molecular weight is 276 g/mol. The Morgan fingerprint density at radius 1 is 1.40 bits per heavy atom. The maximum atomic E-state index is 12.1. The molecule has 0 aliphatic carbocycles. The van der Waals surface area contributed by atoms with Crippen molar-refractivity contribution in [1.82, 2.24) is 10.2 Å². The van der Waals surface area contributed by atoms with E-state index in [1.54, 1.807) is 0 Å². The first-order valence-electron chi connectivity index (χ1n) is 7.32. The first kappa shape index (κ1) is 14.7. The molecule has 1 aromatic rings. The van der Waals surface area contributed by atoms with Gasteiger partial charge in [0.25, 0.3) is 0 Å². The zero-order chi connectivity index (χ0) is 14.5. The fourth-order valence-corrected chi connectivity index (χ4v) is 2.64. The molecule has 1 N–H and O–H groups in total. The van der Waals surface area contributed by atoms with Crippen molar-refractivity contribution < 1.29 is 9.53 Å². The van der Waals surface area contributed by atoms with Crippen LogP contribution in [0.5, 0.6) is 5.75 Å². The third-order valence-corrected chi connectivity index (χ3v) is 3.85. The Morgan fingerprint density at radius 2 is 2.20 bits per heavy atom. The molecular formula is C16H24N2O2. The molecule has 4 heteroatoms. The summed E-state index contributed by atoms with van der Waals surface area (Å²) >= 11 is 0. The predicted octanol–water partition coefficient (Wildman–Crippen LogP) is 3.22. The summed E-state index contributed by atoms with van der Waals surface area (Å²) in [5, 5.41) is 2.84. The van der Waals surface area contributed by atoms with Gasteiger partial charge in [-0.3, -0.25) is 0 Å². The largest absolute Gasteiger partial charge is 0.473 e. The van der Waals surface area contributed by atoms with Crippen molar-refractivity contribution in [2.75, 3.05) is 13.3 Å². The van der Waals surface area contributed by atoms with Gasteiger partial charge in [-0.1, -0.05) is 17.7 Å². The molecule has 1 aliphatic rings. The van der Waals surface area contributed by atoms with Gasteiger partial charge < -0.3 is 15.0 Å². The molecule has 0 spiro atoms. The van der Waals surface area contributed by atoms with E-state index in [0.29, 0.717) is 6.04 Å². The molecule has 110 valence electrons. The number of carbonyl (C=O) groups excluding carboxylic acids is 1. The third-order valence-electron chi connectivity index (χ3n) is 3.85. The molecule has 1 saturated heterocycles. The van der Waals surface area contributed by atoms with E-state index in [1.807, 2.05) is 24.0 Å². The number of piperidine rings is 1. The SMILES string of the molecule is Cc1ccc(OCNC(=O)N2CCCCC2C)c(C)c1. The summed E-state index contributed by atoms with van der Waals surface area (Å²) in [7, 11) is 0. The van der Waals surface area contributed by atoms with E-state index in [-0.39, 0.29) is 12.8 Å². The van der Waals surface area contributed by atoms with Gasteiger partial charge in [-0.2, -0.15) is 0 Å². The Labute approximate surface area is 121 Å². The number of urea groups is 1. The highest BCUT2D eigenvalue weighted by molar-refractivity contribution is 5.74. The van der Waals surface area contributed by atoms with Crippen LogP contribution in [0.4, 0.5) is 4.79 Å². The van der Waals surface area contributed by atoms with E-state index in [4.69, 9.17) is 4.74 Å². The second kappa shape index (κ2) is 6.64. The number of benzene rings is 1. The molecule has 0 radical (unpaired) electrons. The summed E-state index contributed by atoms with van der Waals surface area (Å²) in [5.41, 5.74) is 2.30. The highest BCUT2D eigenvalue weighted by atomic mass is 16.5. The van der Waals surface area contributed by atoms with Crippen LogP contribution in [0.15, 0.2) is 18.2 Å². The Balaban J connectivity index is 1.81. The number of amides is 2. The molecule has 2 rings (SSSR count). The van der Waals surface area contributed by atoms with Crippen molar-refractivity contribution in [3.8, 4) is 5.75 Å². The summed E-state index contributed by atoms with van der Waals surface area (Å²) in [4.78, 5) is 14.0. The van der Waals surface area contributed by atoms with Crippen LogP contribution in [0, 0.1) is 13.8 Å². The number of likely N-dealkylation sites (tertiary alicyclic amines) is 1. The Hall–Kier alpha value is -1.71. The average Bonchev–Trinajstić information content (AvgIpc) is 2.41. The summed E-state index contributed by atoms with van der Waals surface area (Å²) < 4.78 is 5.63. The summed E-state index contributed by atoms with van der Waals surface area (Å²) in [6.07, 6.45) is 3.39. The first-order chi connectivity index (χ1) is 9.58. The standard InChI is InChI=1S/C16H24N2O2/c1-12-7-8-15(13(2)10-12)20-11-17-16(19)18-9-5-4-6-14(18)3/h7-8,10,14H,4-6,9,11H2,1-3H3,(H,17,19). The lowest BCUT2D eigenvalue weighted by molar-refractivity contribution is 0.149. The topological polar surface area (TPSA) is 41.6 Å². The second-order valence-corrected chi connectivity index (χ2v) is 5.58. The van der Waals surface area contributed by atoms with Gasteiger partial charge in [0.05, 0.1) is 0 Å². The number of rotatable bonds is 3. The van der Waals surface area contributed by atoms with E-state index in [0.717, 1.165) is 30.7 Å². The number of aryl methyl sites for hydroxylation is 2. The Bertz CT molecular complexity index is 474. The minimum absolute atomic E-state index is 0.0260. The van der Waals surface area contributed by atoms with Crippen molar-refractivity contribution in [1.29, 1.82) is 0 Å². The molecule has 2 amide bonds. The van der Waals surface area contributed by atoms with Crippen molar-refractivity contribution >= 4 is 6.03 Å². The van der Waals surface area contributed by atoms with Gasteiger partial charge in [0.15, 0.2) is 6.73 Å². The molecular weight excluding hydrogens is 252 g/mol. The number of nitrogens with zero attached hydrogens (tertiary/aromatic N) is 1. The quantitative estimate of drug-likeness (QED) is 0.861. The van der Waals surface area contributed by atoms with Crippen LogP contribution in [0.1, 0.15) is 37.3 Å². The lowest BCUT2D eigenvalue weighted by Gasteiger charge is -2.33. The van der Waals surface area contributed by atoms with Gasteiger partial charge in [-0.15, -0.1) is 0 Å². The van der Waals surface area contributed by atoms with E-state index in [2.05, 4.69) is 25.2 Å². The number of hydrogen-bond acceptors (Lipinski definition) is 2. The van der Waals surface area contributed by atoms with E-state index in [9.17, 15) is 4.79 Å². The Morgan fingerprint density at radius 3 is 2.90 bits per heavy atom. The van der Waals surface area contributed by atoms with Crippen LogP contribution < -0.4 is 10.1 Å². The number of hydrogen-bond donors (Lipinski definition) is 1. The van der Waals surface area contributed by atoms with E-state index in [1.165, 1.54) is 12.0 Å². The molecule has 1 aromatic carbocycles. The van der Waals surface area contributed by atoms with Gasteiger partial charge in [-0.25, -0.2) is 4.79 Å². The molecule has 1 atom stereocenters. The summed E-state index contributed by atoms with van der Waals surface area (Å²) in [5.74, 6) is 0.822. The van der Waals surface area contributed by atoms with Crippen molar-refractivity contribution in [3.05, 3.63) is 29.3 Å². The number of carbonyl (C=O) groups is 1. The molecule has 0 bridgehead atoms. The molecule has 4 nitrogen and oxygen atoms in total. The first-order valence-corrected chi connectivity index (χ1v) is 7.32. The van der Waals surface area contributed by atoms with E-state index < -0.39 is 0 Å². The van der Waals surface area contributed by atoms with Crippen molar-refractivity contribution in [3.63, 3.8) is 0 Å². The molecule has 1 unspecified atom stereocenters. The minimum atomic E-state index is -0.0260. The van der Waals surface area contributed by atoms with Gasteiger partial charge >= 0.3 is 6.03 Å². The molecule has 1 fully saturated rings. The number of ether oxygens (including phenoxy) is 1. The van der Waals surface area contributed by atoms with Crippen LogP contribution in [-0.4, -0.2) is 30.2 Å². The summed E-state index contributed by atoms with van der Waals surface area (Å²) in [6, 6.07) is 6.33. The van der Waals surface area contributed by atoms with Crippen LogP contribution in [0.3, 0.4) is 0 Å².